The van der Waals surface area contributed by atoms with E-state index in [4.69, 9.17) is 9.72 Å². The van der Waals surface area contributed by atoms with E-state index in [-0.39, 0.29) is 11.9 Å². The van der Waals surface area contributed by atoms with Crippen LogP contribution in [0.25, 0.3) is 33.5 Å². The molecule has 1 saturated carbocycles. The molecule has 5 aromatic rings. The lowest BCUT2D eigenvalue weighted by atomic mass is 9.98. The molecule has 7 rings (SSSR count). The van der Waals surface area contributed by atoms with Crippen molar-refractivity contribution in [3.8, 4) is 17.3 Å². The normalized spacial score (nSPS) is 15.5. The van der Waals surface area contributed by atoms with Gasteiger partial charge in [0.2, 0.25) is 0 Å². The van der Waals surface area contributed by atoms with Crippen LogP contribution in [-0.4, -0.2) is 60.8 Å². The van der Waals surface area contributed by atoms with Crippen LogP contribution in [0.15, 0.2) is 55.1 Å². The molecule has 1 atom stereocenters. The maximum Gasteiger partial charge on any atom is 0.254 e. The Morgan fingerprint density at radius 2 is 2.00 bits per heavy atom. The van der Waals surface area contributed by atoms with Crippen molar-refractivity contribution in [2.75, 3.05) is 26.4 Å². The van der Waals surface area contributed by atoms with E-state index >= 15 is 0 Å². The number of nitrogens with zero attached hydrogens (tertiary/aromatic N) is 6. The van der Waals surface area contributed by atoms with Gasteiger partial charge in [-0.05, 0) is 68.4 Å². The zero-order valence-corrected chi connectivity index (χ0v) is 25.6. The van der Waals surface area contributed by atoms with Crippen molar-refractivity contribution >= 4 is 27.8 Å². The van der Waals surface area contributed by atoms with Crippen LogP contribution in [-0.2, 0) is 20.0 Å². The van der Waals surface area contributed by atoms with Crippen LogP contribution < -0.4 is 4.74 Å². The van der Waals surface area contributed by atoms with Crippen LogP contribution in [0.5, 0.6) is 5.75 Å². The number of para-hydroxylation sites is 1. The summed E-state index contributed by atoms with van der Waals surface area (Å²) in [6.45, 7) is 8.24. The standard InChI is InChI=1S/C32H35FN6O2.C2H6/c1-21(38-14-11-34-20-38)19-41-29-6-3-5-24-16-28(39(30(24)29)18-22-7-8-22)31-35-26-17-25-23(15-27(26)36(31)2)9-13-37(32(25)40)12-4-10-33;1-2/h3,5-6,11,14-17,20-22H,4,7-10,12-13,18-19H2,1-2H3;1-2H3. The Labute approximate surface area is 252 Å². The van der Waals surface area contributed by atoms with Crippen molar-refractivity contribution in [3.05, 3.63) is 66.2 Å². The van der Waals surface area contributed by atoms with E-state index in [9.17, 15) is 9.18 Å². The summed E-state index contributed by atoms with van der Waals surface area (Å²) in [4.78, 5) is 24.2. The van der Waals surface area contributed by atoms with Crippen LogP contribution in [0.3, 0.4) is 0 Å². The van der Waals surface area contributed by atoms with E-state index in [0.29, 0.717) is 37.6 Å². The predicted molar refractivity (Wildman–Crippen MR) is 168 cm³/mol. The maximum atomic E-state index is 13.2. The van der Waals surface area contributed by atoms with Gasteiger partial charge in [0.15, 0.2) is 5.82 Å². The van der Waals surface area contributed by atoms with Crippen LogP contribution in [0, 0.1) is 5.92 Å². The molecule has 1 aliphatic carbocycles. The van der Waals surface area contributed by atoms with Gasteiger partial charge in [-0.3, -0.25) is 9.18 Å². The first kappa shape index (κ1) is 29.0. The van der Waals surface area contributed by atoms with Crippen molar-refractivity contribution in [2.45, 2.75) is 59.0 Å². The van der Waals surface area contributed by atoms with Crippen LogP contribution in [0.2, 0.25) is 0 Å². The highest BCUT2D eigenvalue weighted by atomic mass is 19.1. The zero-order valence-electron chi connectivity index (χ0n) is 25.6. The van der Waals surface area contributed by atoms with Crippen LogP contribution in [0.1, 0.15) is 62.0 Å². The molecule has 3 aromatic heterocycles. The number of rotatable bonds is 10. The van der Waals surface area contributed by atoms with Gasteiger partial charge in [0.1, 0.15) is 12.4 Å². The number of aryl methyl sites for hydroxylation is 1. The van der Waals surface area contributed by atoms with Gasteiger partial charge in [-0.15, -0.1) is 0 Å². The number of alkyl halides is 1. The average molecular weight is 585 g/mol. The summed E-state index contributed by atoms with van der Waals surface area (Å²) in [5, 5.41) is 1.12. The number of benzene rings is 2. The Kier molecular flexibility index (Phi) is 8.23. The Morgan fingerprint density at radius 1 is 1.16 bits per heavy atom. The monoisotopic (exact) mass is 584 g/mol. The smallest absolute Gasteiger partial charge is 0.254 e. The fraction of sp³-hybridized carbons (Fsp3) is 0.441. The highest BCUT2D eigenvalue weighted by Crippen LogP contribution is 2.39. The second kappa shape index (κ2) is 12.2. The molecule has 0 saturated heterocycles. The van der Waals surface area contributed by atoms with E-state index < -0.39 is 6.67 Å². The molecular formula is C34H41FN6O2. The molecule has 2 aliphatic rings. The summed E-state index contributed by atoms with van der Waals surface area (Å²) >= 11 is 0. The molecule has 0 radical (unpaired) electrons. The predicted octanol–water partition coefficient (Wildman–Crippen LogP) is 6.83. The summed E-state index contributed by atoms with van der Waals surface area (Å²) < 4.78 is 25.8. The first-order valence-electron chi connectivity index (χ1n) is 15.6. The minimum absolute atomic E-state index is 0.0247. The topological polar surface area (TPSA) is 70.1 Å². The Balaban J connectivity index is 0.00000161. The van der Waals surface area contributed by atoms with E-state index in [1.54, 1.807) is 11.1 Å². The van der Waals surface area contributed by atoms with Gasteiger partial charge in [-0.1, -0.05) is 26.0 Å². The largest absolute Gasteiger partial charge is 0.489 e. The molecule has 8 nitrogen and oxygen atoms in total. The highest BCUT2D eigenvalue weighted by molar-refractivity contribution is 6.01. The molecule has 226 valence electrons. The average Bonchev–Trinajstić information content (AvgIpc) is 3.39. The van der Waals surface area contributed by atoms with Gasteiger partial charge in [-0.25, -0.2) is 9.97 Å². The third-order valence-electron chi connectivity index (χ3n) is 8.60. The first-order chi connectivity index (χ1) is 21.0. The van der Waals surface area contributed by atoms with Crippen molar-refractivity contribution in [3.63, 3.8) is 0 Å². The summed E-state index contributed by atoms with van der Waals surface area (Å²) in [7, 11) is 2.05. The zero-order chi connectivity index (χ0) is 30.1. The van der Waals surface area contributed by atoms with E-state index in [1.165, 1.54) is 12.8 Å². The summed E-state index contributed by atoms with van der Waals surface area (Å²) in [5.74, 6) is 2.37. The number of ether oxygens (including phenoxy) is 1. The second-order valence-corrected chi connectivity index (χ2v) is 11.5. The van der Waals surface area contributed by atoms with E-state index in [0.717, 1.165) is 57.7 Å². The summed E-state index contributed by atoms with van der Waals surface area (Å²) in [5.41, 5.74) is 5.69. The summed E-state index contributed by atoms with van der Waals surface area (Å²) in [6.07, 6.45) is 9.17. The third-order valence-corrected chi connectivity index (χ3v) is 8.60. The van der Waals surface area contributed by atoms with Gasteiger partial charge in [-0.2, -0.15) is 0 Å². The lowest BCUT2D eigenvalue weighted by Gasteiger charge is -2.28. The second-order valence-electron chi connectivity index (χ2n) is 11.5. The minimum atomic E-state index is -0.412. The molecule has 2 aromatic carbocycles. The van der Waals surface area contributed by atoms with Crippen LogP contribution in [0.4, 0.5) is 4.39 Å². The van der Waals surface area contributed by atoms with Crippen molar-refractivity contribution in [1.29, 1.82) is 0 Å². The number of hydrogen-bond donors (Lipinski definition) is 0. The van der Waals surface area contributed by atoms with Crippen molar-refractivity contribution in [1.82, 2.24) is 28.6 Å². The van der Waals surface area contributed by atoms with Gasteiger partial charge in [0, 0.05) is 50.0 Å². The first-order valence-corrected chi connectivity index (χ1v) is 15.6. The number of hydrogen-bond acceptors (Lipinski definition) is 4. The highest BCUT2D eigenvalue weighted by Gasteiger charge is 2.29. The number of aromatic nitrogens is 5. The fourth-order valence-electron chi connectivity index (χ4n) is 6.07. The molecule has 1 fully saturated rings. The third kappa shape index (κ3) is 5.53. The van der Waals surface area contributed by atoms with Crippen LogP contribution >= 0.6 is 0 Å². The molecule has 9 heteroatoms. The molecule has 1 aliphatic heterocycles. The number of halogens is 1. The number of imidazole rings is 2. The molecule has 0 bridgehead atoms. The molecule has 1 unspecified atom stereocenters. The number of fused-ring (bicyclic) bond motifs is 3. The summed E-state index contributed by atoms with van der Waals surface area (Å²) in [6, 6.07) is 12.7. The Bertz CT molecular complexity index is 1730. The quantitative estimate of drug-likeness (QED) is 0.181. The van der Waals surface area contributed by atoms with Gasteiger partial charge < -0.3 is 23.3 Å². The molecule has 4 heterocycles. The molecule has 1 amide bonds. The SMILES string of the molecule is CC.CC(COc1cccc2cc(-c3nc4cc5c(cc4n3C)CCN(CCCF)C5=O)n(CC3CC3)c12)n1ccnc1. The Hall–Kier alpha value is -4.14. The number of amides is 1. The van der Waals surface area contributed by atoms with Gasteiger partial charge in [0.25, 0.3) is 5.91 Å². The molecule has 0 spiro atoms. The number of carbonyl (C=O) groups is 1. The lowest BCUT2D eigenvalue weighted by Crippen LogP contribution is -2.38. The molecule has 43 heavy (non-hydrogen) atoms. The van der Waals surface area contributed by atoms with Gasteiger partial charge in [0.05, 0.1) is 41.3 Å². The lowest BCUT2D eigenvalue weighted by molar-refractivity contribution is 0.0735. The van der Waals surface area contributed by atoms with E-state index in [1.807, 2.05) is 38.5 Å². The van der Waals surface area contributed by atoms with Crippen molar-refractivity contribution < 1.29 is 13.9 Å². The number of carbonyl (C=O) groups excluding carboxylic acids is 1. The van der Waals surface area contributed by atoms with E-state index in [2.05, 4.69) is 56.9 Å². The Morgan fingerprint density at radius 3 is 2.74 bits per heavy atom. The molecular weight excluding hydrogens is 543 g/mol. The van der Waals surface area contributed by atoms with Crippen molar-refractivity contribution in [2.24, 2.45) is 13.0 Å². The fourth-order valence-corrected chi connectivity index (χ4v) is 6.07. The molecule has 0 N–H and O–H groups in total. The maximum absolute atomic E-state index is 13.2. The van der Waals surface area contributed by atoms with Gasteiger partial charge >= 0.3 is 0 Å². The minimum Gasteiger partial charge on any atom is -0.489 e.